The van der Waals surface area contributed by atoms with Crippen LogP contribution in [-0.4, -0.2) is 31.0 Å². The molecule has 1 aromatic rings. The van der Waals surface area contributed by atoms with Crippen LogP contribution in [0.15, 0.2) is 4.90 Å². The Morgan fingerprint density at radius 1 is 1.30 bits per heavy atom. The van der Waals surface area contributed by atoms with E-state index >= 15 is 0 Å². The standard InChI is InChI=1S/C13H22N2O4S/c1-8-10(12(16)17)15-9(2)11(8)20(18,19)14-7-6-13(3,4)5/h14-15H,6-7H2,1-5H3,(H,16,17). The molecule has 0 radical (unpaired) electrons. The summed E-state index contributed by atoms with van der Waals surface area (Å²) in [5.74, 6) is -1.17. The van der Waals surface area contributed by atoms with Gasteiger partial charge in [-0.15, -0.1) is 0 Å². The van der Waals surface area contributed by atoms with Crippen molar-refractivity contribution in [1.29, 1.82) is 0 Å². The molecule has 3 N–H and O–H groups in total. The van der Waals surface area contributed by atoms with E-state index in [4.69, 9.17) is 5.11 Å². The summed E-state index contributed by atoms with van der Waals surface area (Å²) in [5, 5.41) is 9.01. The van der Waals surface area contributed by atoms with Gasteiger partial charge in [0.1, 0.15) is 10.6 Å². The number of hydrogen-bond acceptors (Lipinski definition) is 3. The SMILES string of the molecule is Cc1[nH]c(C(=O)O)c(C)c1S(=O)(=O)NCCC(C)(C)C. The van der Waals surface area contributed by atoms with Gasteiger partial charge in [-0.2, -0.15) is 0 Å². The number of aryl methyl sites for hydroxylation is 1. The van der Waals surface area contributed by atoms with E-state index in [1.807, 2.05) is 20.8 Å². The molecule has 1 heterocycles. The summed E-state index contributed by atoms with van der Waals surface area (Å²) in [6.07, 6.45) is 0.695. The monoisotopic (exact) mass is 302 g/mol. The second kappa shape index (κ2) is 5.57. The van der Waals surface area contributed by atoms with E-state index in [9.17, 15) is 13.2 Å². The molecule has 6 nitrogen and oxygen atoms in total. The zero-order valence-corrected chi connectivity index (χ0v) is 13.3. The molecule has 0 aromatic carbocycles. The number of aromatic nitrogens is 1. The van der Waals surface area contributed by atoms with Crippen LogP contribution in [0.25, 0.3) is 0 Å². The summed E-state index contributed by atoms with van der Waals surface area (Å²) < 4.78 is 27.1. The number of H-pyrrole nitrogens is 1. The normalized spacial score (nSPS) is 12.7. The largest absolute Gasteiger partial charge is 0.477 e. The van der Waals surface area contributed by atoms with Crippen molar-refractivity contribution in [1.82, 2.24) is 9.71 Å². The maximum atomic E-state index is 12.3. The van der Waals surface area contributed by atoms with Gasteiger partial charge in [0.05, 0.1) is 0 Å². The molecule has 1 aromatic heterocycles. The lowest BCUT2D eigenvalue weighted by Gasteiger charge is -2.18. The van der Waals surface area contributed by atoms with Crippen LogP contribution in [0, 0.1) is 19.3 Å². The highest BCUT2D eigenvalue weighted by molar-refractivity contribution is 7.89. The van der Waals surface area contributed by atoms with Crippen LogP contribution in [0.5, 0.6) is 0 Å². The molecule has 7 heteroatoms. The van der Waals surface area contributed by atoms with Crippen molar-refractivity contribution < 1.29 is 18.3 Å². The summed E-state index contributed by atoms with van der Waals surface area (Å²) in [6, 6.07) is 0. The van der Waals surface area contributed by atoms with Crippen molar-refractivity contribution in [2.45, 2.75) is 45.9 Å². The minimum atomic E-state index is -3.70. The molecule has 0 atom stereocenters. The van der Waals surface area contributed by atoms with Crippen LogP contribution in [0.4, 0.5) is 0 Å². The van der Waals surface area contributed by atoms with Crippen molar-refractivity contribution in [2.24, 2.45) is 5.41 Å². The third kappa shape index (κ3) is 3.83. The Morgan fingerprint density at radius 3 is 2.25 bits per heavy atom. The number of aromatic carboxylic acids is 1. The molecule has 1 rings (SSSR count). The van der Waals surface area contributed by atoms with Crippen LogP contribution in [0.3, 0.4) is 0 Å². The Morgan fingerprint density at radius 2 is 1.85 bits per heavy atom. The first-order valence-electron chi connectivity index (χ1n) is 6.38. The van der Waals surface area contributed by atoms with Gasteiger partial charge in [-0.05, 0) is 25.7 Å². The molecule has 0 saturated carbocycles. The molecular weight excluding hydrogens is 280 g/mol. The Labute approximate surface area is 119 Å². The first-order valence-corrected chi connectivity index (χ1v) is 7.86. The summed E-state index contributed by atoms with van der Waals surface area (Å²) in [7, 11) is -3.70. The van der Waals surface area contributed by atoms with Crippen molar-refractivity contribution in [3.05, 3.63) is 17.0 Å². The van der Waals surface area contributed by atoms with Gasteiger partial charge in [0.2, 0.25) is 10.0 Å². The molecule has 114 valence electrons. The lowest BCUT2D eigenvalue weighted by atomic mass is 9.93. The highest BCUT2D eigenvalue weighted by Crippen LogP contribution is 2.23. The first-order chi connectivity index (χ1) is 8.96. The number of hydrogen-bond donors (Lipinski definition) is 3. The van der Waals surface area contributed by atoms with Crippen LogP contribution < -0.4 is 4.72 Å². The average Bonchev–Trinajstić information content (AvgIpc) is 2.52. The first kappa shape index (κ1) is 16.7. The van der Waals surface area contributed by atoms with Crippen molar-refractivity contribution in [3.63, 3.8) is 0 Å². The van der Waals surface area contributed by atoms with Crippen LogP contribution in [0.1, 0.15) is 48.9 Å². The maximum Gasteiger partial charge on any atom is 0.352 e. The molecule has 0 bridgehead atoms. The quantitative estimate of drug-likeness (QED) is 0.775. The molecular formula is C13H22N2O4S. The van der Waals surface area contributed by atoms with E-state index in [1.165, 1.54) is 6.92 Å². The zero-order chi connectivity index (χ0) is 15.7. The van der Waals surface area contributed by atoms with E-state index in [1.54, 1.807) is 6.92 Å². The van der Waals surface area contributed by atoms with E-state index in [2.05, 4.69) is 9.71 Å². The second-order valence-electron chi connectivity index (χ2n) is 6.09. The van der Waals surface area contributed by atoms with Crippen molar-refractivity contribution in [3.8, 4) is 0 Å². The highest BCUT2D eigenvalue weighted by Gasteiger charge is 2.26. The zero-order valence-electron chi connectivity index (χ0n) is 12.5. The summed E-state index contributed by atoms with van der Waals surface area (Å²) in [5.41, 5.74) is 0.511. The third-order valence-corrected chi connectivity index (χ3v) is 4.75. The van der Waals surface area contributed by atoms with Crippen molar-refractivity contribution >= 4 is 16.0 Å². The topological polar surface area (TPSA) is 99.3 Å². The number of aromatic amines is 1. The summed E-state index contributed by atoms with van der Waals surface area (Å²) in [6.45, 7) is 9.44. The van der Waals surface area contributed by atoms with E-state index in [-0.39, 0.29) is 21.6 Å². The minimum Gasteiger partial charge on any atom is -0.477 e. The predicted octanol–water partition coefficient (Wildman–Crippen LogP) is 2.04. The van der Waals surface area contributed by atoms with Gasteiger partial charge in [-0.1, -0.05) is 20.8 Å². The van der Waals surface area contributed by atoms with Gasteiger partial charge in [0.25, 0.3) is 0 Å². The number of nitrogens with one attached hydrogen (secondary N) is 2. The van der Waals surface area contributed by atoms with Crippen LogP contribution in [0.2, 0.25) is 0 Å². The number of rotatable bonds is 5. The van der Waals surface area contributed by atoms with Gasteiger partial charge in [0.15, 0.2) is 0 Å². The fourth-order valence-electron chi connectivity index (χ4n) is 1.98. The van der Waals surface area contributed by atoms with E-state index in [0.717, 1.165) is 0 Å². The lowest BCUT2D eigenvalue weighted by Crippen LogP contribution is -2.28. The Balaban J connectivity index is 3.02. The molecule has 0 aliphatic rings. The Kier molecular flexibility index (Phi) is 4.66. The molecule has 0 fully saturated rings. The molecule has 0 saturated heterocycles. The van der Waals surface area contributed by atoms with Gasteiger partial charge >= 0.3 is 5.97 Å². The molecule has 0 aliphatic carbocycles. The maximum absolute atomic E-state index is 12.3. The number of sulfonamides is 1. The minimum absolute atomic E-state index is 0.0248. The Hall–Kier alpha value is -1.34. The van der Waals surface area contributed by atoms with E-state index in [0.29, 0.717) is 18.7 Å². The smallest absolute Gasteiger partial charge is 0.352 e. The van der Waals surface area contributed by atoms with Gasteiger partial charge < -0.3 is 10.1 Å². The number of carbonyl (C=O) groups is 1. The van der Waals surface area contributed by atoms with Crippen molar-refractivity contribution in [2.75, 3.05) is 6.54 Å². The fourth-order valence-corrected chi connectivity index (χ4v) is 3.46. The molecule has 0 aliphatic heterocycles. The fraction of sp³-hybridized carbons (Fsp3) is 0.615. The predicted molar refractivity (Wildman–Crippen MR) is 76.5 cm³/mol. The number of carboxylic acids is 1. The van der Waals surface area contributed by atoms with Crippen LogP contribution >= 0.6 is 0 Å². The highest BCUT2D eigenvalue weighted by atomic mass is 32.2. The molecule has 0 spiro atoms. The van der Waals surface area contributed by atoms with Gasteiger partial charge in [-0.3, -0.25) is 0 Å². The van der Waals surface area contributed by atoms with Crippen LogP contribution in [-0.2, 0) is 10.0 Å². The number of carboxylic acid groups (broad SMARTS) is 1. The van der Waals surface area contributed by atoms with Gasteiger partial charge in [0, 0.05) is 17.8 Å². The summed E-state index contributed by atoms with van der Waals surface area (Å²) in [4.78, 5) is 13.7. The third-order valence-electron chi connectivity index (χ3n) is 3.02. The lowest BCUT2D eigenvalue weighted by molar-refractivity contribution is 0.0690. The molecule has 0 unspecified atom stereocenters. The Bertz CT molecular complexity index is 609. The second-order valence-corrected chi connectivity index (χ2v) is 7.80. The van der Waals surface area contributed by atoms with Gasteiger partial charge in [-0.25, -0.2) is 17.9 Å². The molecule has 20 heavy (non-hydrogen) atoms. The van der Waals surface area contributed by atoms with E-state index < -0.39 is 16.0 Å². The average molecular weight is 302 g/mol. The molecule has 0 amide bonds. The summed E-state index contributed by atoms with van der Waals surface area (Å²) >= 11 is 0.